The molecule has 1 amide bonds. The fourth-order valence-electron chi connectivity index (χ4n) is 3.79. The zero-order valence-corrected chi connectivity index (χ0v) is 19.5. The van der Waals surface area contributed by atoms with Crippen molar-refractivity contribution in [1.29, 1.82) is 0 Å². The molecule has 0 saturated carbocycles. The van der Waals surface area contributed by atoms with E-state index in [1.807, 2.05) is 12.3 Å². The average molecular weight is 515 g/mol. The summed E-state index contributed by atoms with van der Waals surface area (Å²) >= 11 is 0. The van der Waals surface area contributed by atoms with E-state index in [-0.39, 0.29) is 35.7 Å². The normalized spacial score (nSPS) is 15.3. The van der Waals surface area contributed by atoms with Gasteiger partial charge in [0.15, 0.2) is 5.96 Å². The number of amides is 1. The van der Waals surface area contributed by atoms with Gasteiger partial charge in [-0.2, -0.15) is 0 Å². The highest BCUT2D eigenvalue weighted by molar-refractivity contribution is 14.0. The second-order valence-corrected chi connectivity index (χ2v) is 7.30. The SMILES string of the molecule is CCNC(=NCCc1c[nH]c2cc(F)ccc12)N1CCC(CC(=O)NC)CC1.I. The summed E-state index contributed by atoms with van der Waals surface area (Å²) in [4.78, 5) is 21.8. The molecule has 1 aromatic carbocycles. The lowest BCUT2D eigenvalue weighted by Crippen LogP contribution is -2.46. The van der Waals surface area contributed by atoms with E-state index in [1.54, 1.807) is 7.05 Å². The van der Waals surface area contributed by atoms with E-state index >= 15 is 0 Å². The van der Waals surface area contributed by atoms with E-state index in [0.717, 1.165) is 61.3 Å². The fraction of sp³-hybridized carbons (Fsp3) is 0.524. The number of hydrogen-bond acceptors (Lipinski definition) is 2. The molecule has 1 aliphatic rings. The van der Waals surface area contributed by atoms with Gasteiger partial charge in [0.1, 0.15) is 5.82 Å². The Hall–Kier alpha value is -1.84. The van der Waals surface area contributed by atoms with E-state index in [4.69, 9.17) is 4.99 Å². The van der Waals surface area contributed by atoms with Crippen molar-refractivity contribution in [2.75, 3.05) is 33.2 Å². The smallest absolute Gasteiger partial charge is 0.220 e. The van der Waals surface area contributed by atoms with Crippen LogP contribution in [0.2, 0.25) is 0 Å². The quantitative estimate of drug-likeness (QED) is 0.314. The van der Waals surface area contributed by atoms with Crippen molar-refractivity contribution in [2.45, 2.75) is 32.6 Å². The highest BCUT2D eigenvalue weighted by atomic mass is 127. The van der Waals surface area contributed by atoms with E-state index in [0.29, 0.717) is 18.9 Å². The van der Waals surface area contributed by atoms with Gasteiger partial charge >= 0.3 is 0 Å². The molecule has 0 atom stereocenters. The molecule has 29 heavy (non-hydrogen) atoms. The lowest BCUT2D eigenvalue weighted by Gasteiger charge is -2.34. The minimum absolute atomic E-state index is 0. The third-order valence-corrected chi connectivity index (χ3v) is 5.37. The molecular weight excluding hydrogens is 484 g/mol. The molecule has 2 aromatic rings. The van der Waals surface area contributed by atoms with Crippen LogP contribution in [0.3, 0.4) is 0 Å². The van der Waals surface area contributed by atoms with Gasteiger partial charge in [0.25, 0.3) is 0 Å². The standard InChI is InChI=1S/C21H30FN5O.HI/c1-3-24-21(27-10-7-15(8-11-27)12-20(28)23-2)25-9-6-16-14-26-19-13-17(22)4-5-18(16)19;/h4-5,13-15,26H,3,6-12H2,1-2H3,(H,23,28)(H,24,25);1H. The zero-order chi connectivity index (χ0) is 19.9. The second-order valence-electron chi connectivity index (χ2n) is 7.30. The van der Waals surface area contributed by atoms with E-state index < -0.39 is 0 Å². The lowest BCUT2D eigenvalue weighted by molar-refractivity contribution is -0.121. The summed E-state index contributed by atoms with van der Waals surface area (Å²) in [5, 5.41) is 7.15. The van der Waals surface area contributed by atoms with Crippen LogP contribution in [-0.2, 0) is 11.2 Å². The van der Waals surface area contributed by atoms with Gasteiger partial charge in [-0.3, -0.25) is 9.79 Å². The third kappa shape index (κ3) is 6.32. The summed E-state index contributed by atoms with van der Waals surface area (Å²) in [5.41, 5.74) is 1.97. The number of halogens is 2. The summed E-state index contributed by atoms with van der Waals surface area (Å²) < 4.78 is 13.3. The molecule has 1 aromatic heterocycles. The third-order valence-electron chi connectivity index (χ3n) is 5.37. The molecule has 8 heteroatoms. The highest BCUT2D eigenvalue weighted by Crippen LogP contribution is 2.21. The van der Waals surface area contributed by atoms with Crippen LogP contribution in [0.15, 0.2) is 29.4 Å². The number of hydrogen-bond donors (Lipinski definition) is 3. The maximum Gasteiger partial charge on any atom is 0.220 e. The Kier molecular flexibility index (Phi) is 9.19. The van der Waals surface area contributed by atoms with Crippen molar-refractivity contribution >= 4 is 46.7 Å². The topological polar surface area (TPSA) is 72.5 Å². The summed E-state index contributed by atoms with van der Waals surface area (Å²) in [7, 11) is 1.69. The Labute approximate surface area is 188 Å². The molecule has 0 aliphatic carbocycles. The number of nitrogens with one attached hydrogen (secondary N) is 3. The van der Waals surface area contributed by atoms with Gasteiger partial charge in [-0.25, -0.2) is 4.39 Å². The monoisotopic (exact) mass is 515 g/mol. The Morgan fingerprint density at radius 2 is 2.10 bits per heavy atom. The maximum absolute atomic E-state index is 13.3. The molecule has 3 rings (SSSR count). The van der Waals surface area contributed by atoms with Gasteiger partial charge in [-0.05, 0) is 55.9 Å². The molecule has 160 valence electrons. The molecule has 3 N–H and O–H groups in total. The Balaban J connectivity index is 0.00000300. The number of likely N-dealkylation sites (tertiary alicyclic amines) is 1. The van der Waals surface area contributed by atoms with Crippen molar-refractivity contribution < 1.29 is 9.18 Å². The minimum Gasteiger partial charge on any atom is -0.361 e. The van der Waals surface area contributed by atoms with E-state index in [2.05, 4.69) is 27.4 Å². The number of nitrogens with zero attached hydrogens (tertiary/aromatic N) is 2. The van der Waals surface area contributed by atoms with Crippen LogP contribution in [0.25, 0.3) is 10.9 Å². The van der Waals surface area contributed by atoms with Crippen LogP contribution in [0.1, 0.15) is 31.7 Å². The van der Waals surface area contributed by atoms with Crippen molar-refractivity contribution in [1.82, 2.24) is 20.5 Å². The molecule has 2 heterocycles. The van der Waals surface area contributed by atoms with Crippen molar-refractivity contribution in [3.05, 3.63) is 35.8 Å². The number of rotatable bonds is 6. The Bertz CT molecular complexity index is 830. The molecule has 6 nitrogen and oxygen atoms in total. The molecule has 1 fully saturated rings. The van der Waals surface area contributed by atoms with Crippen LogP contribution in [-0.4, -0.2) is 55.0 Å². The predicted molar refractivity (Wildman–Crippen MR) is 126 cm³/mol. The minimum atomic E-state index is -0.229. The number of H-pyrrole nitrogens is 1. The van der Waals surface area contributed by atoms with Crippen LogP contribution in [0.5, 0.6) is 0 Å². The molecule has 1 saturated heterocycles. The number of guanidine groups is 1. The predicted octanol–water partition coefficient (Wildman–Crippen LogP) is 3.28. The highest BCUT2D eigenvalue weighted by Gasteiger charge is 2.23. The number of piperidine rings is 1. The second kappa shape index (κ2) is 11.4. The van der Waals surface area contributed by atoms with Gasteiger partial charge in [0.2, 0.25) is 5.91 Å². The number of carbonyl (C=O) groups is 1. The maximum atomic E-state index is 13.3. The largest absolute Gasteiger partial charge is 0.361 e. The van der Waals surface area contributed by atoms with Gasteiger partial charge in [0.05, 0.1) is 0 Å². The zero-order valence-electron chi connectivity index (χ0n) is 17.1. The first-order valence-electron chi connectivity index (χ1n) is 10.1. The number of fused-ring (bicyclic) bond motifs is 1. The molecule has 1 aliphatic heterocycles. The van der Waals surface area contributed by atoms with Gasteiger partial charge in [0, 0.05) is 56.7 Å². The number of benzene rings is 1. The molecule has 0 spiro atoms. The van der Waals surface area contributed by atoms with Crippen molar-refractivity contribution in [3.8, 4) is 0 Å². The van der Waals surface area contributed by atoms with Crippen LogP contribution in [0, 0.1) is 11.7 Å². The van der Waals surface area contributed by atoms with Crippen molar-refractivity contribution in [3.63, 3.8) is 0 Å². The summed E-state index contributed by atoms with van der Waals surface area (Å²) in [6.07, 6.45) is 5.36. The molecule has 0 bridgehead atoms. The number of aliphatic imine (C=N–C) groups is 1. The van der Waals surface area contributed by atoms with Gasteiger partial charge in [-0.1, -0.05) is 0 Å². The van der Waals surface area contributed by atoms with E-state index in [1.165, 1.54) is 12.1 Å². The first-order valence-corrected chi connectivity index (χ1v) is 10.1. The molecule has 0 unspecified atom stereocenters. The van der Waals surface area contributed by atoms with Crippen molar-refractivity contribution in [2.24, 2.45) is 10.9 Å². The van der Waals surface area contributed by atoms with Crippen LogP contribution >= 0.6 is 24.0 Å². The Morgan fingerprint density at radius 3 is 2.79 bits per heavy atom. The summed E-state index contributed by atoms with van der Waals surface area (Å²) in [6.45, 7) is 5.40. The Morgan fingerprint density at radius 1 is 1.34 bits per heavy atom. The first kappa shape index (κ1) is 23.4. The average Bonchev–Trinajstić information content (AvgIpc) is 3.10. The summed E-state index contributed by atoms with van der Waals surface area (Å²) in [6, 6.07) is 4.84. The van der Waals surface area contributed by atoms with Crippen LogP contribution < -0.4 is 10.6 Å². The fourth-order valence-corrected chi connectivity index (χ4v) is 3.79. The molecule has 0 radical (unpaired) electrons. The number of aromatic nitrogens is 1. The van der Waals surface area contributed by atoms with E-state index in [9.17, 15) is 9.18 Å². The summed E-state index contributed by atoms with van der Waals surface area (Å²) in [5.74, 6) is 1.28. The van der Waals surface area contributed by atoms with Gasteiger partial charge in [-0.15, -0.1) is 24.0 Å². The molecular formula is C21H31FIN5O. The lowest BCUT2D eigenvalue weighted by atomic mass is 9.93. The number of carbonyl (C=O) groups excluding carboxylic acids is 1. The number of aromatic amines is 1. The van der Waals surface area contributed by atoms with Gasteiger partial charge < -0.3 is 20.5 Å². The first-order chi connectivity index (χ1) is 13.6. The van der Waals surface area contributed by atoms with Crippen LogP contribution in [0.4, 0.5) is 4.39 Å².